The van der Waals surface area contributed by atoms with Crippen LogP contribution in [0, 0.1) is 5.92 Å². The Kier molecular flexibility index (Phi) is 39.0. The molecule has 0 aliphatic heterocycles. The van der Waals surface area contributed by atoms with E-state index in [1.807, 2.05) is 0 Å². The molecule has 0 heterocycles. The van der Waals surface area contributed by atoms with Gasteiger partial charge in [0, 0.05) is 0 Å². The highest BCUT2D eigenvalue weighted by Crippen LogP contribution is 2.24. The fourth-order valence-corrected chi connectivity index (χ4v) is 7.06. The summed E-state index contributed by atoms with van der Waals surface area (Å²) in [4.78, 5) is 0. The first-order valence-electron chi connectivity index (χ1n) is 20.8. The summed E-state index contributed by atoms with van der Waals surface area (Å²) in [6.07, 6.45) is 56.3. The zero-order valence-corrected chi connectivity index (χ0v) is 30.4. The van der Waals surface area contributed by atoms with Crippen LogP contribution in [0.5, 0.6) is 0 Å². The van der Waals surface area contributed by atoms with Crippen molar-refractivity contribution in [2.75, 3.05) is 0 Å². The highest BCUT2D eigenvalue weighted by atomic mass is 14.1. The quantitative estimate of drug-likeness (QED) is 0.0627. The van der Waals surface area contributed by atoms with Gasteiger partial charge in [-0.3, -0.25) is 0 Å². The number of hydrogen-bond acceptors (Lipinski definition) is 0. The molecule has 0 fully saturated rings. The van der Waals surface area contributed by atoms with E-state index >= 15 is 0 Å². The molecule has 254 valence electrons. The Morgan fingerprint density at radius 3 is 0.571 bits per heavy atom. The molecule has 0 aromatic heterocycles. The van der Waals surface area contributed by atoms with Gasteiger partial charge in [-0.05, 0) is 5.92 Å². The second kappa shape index (κ2) is 39.0. The minimum Gasteiger partial charge on any atom is -0.0654 e. The molecule has 0 nitrogen and oxygen atoms in total. The van der Waals surface area contributed by atoms with Crippen molar-refractivity contribution < 1.29 is 0 Å². The Balaban J connectivity index is 3.40. The van der Waals surface area contributed by atoms with E-state index in [0.29, 0.717) is 0 Å². The van der Waals surface area contributed by atoms with Crippen molar-refractivity contribution in [1.82, 2.24) is 0 Å². The normalized spacial score (nSPS) is 12.4. The van der Waals surface area contributed by atoms with Gasteiger partial charge >= 0.3 is 0 Å². The summed E-state index contributed by atoms with van der Waals surface area (Å²) in [5, 5.41) is 0. The predicted molar refractivity (Wildman–Crippen MR) is 196 cm³/mol. The van der Waals surface area contributed by atoms with Crippen LogP contribution in [0.25, 0.3) is 0 Å². The van der Waals surface area contributed by atoms with Gasteiger partial charge in [-0.2, -0.15) is 0 Å². The Morgan fingerprint density at radius 2 is 0.357 bits per heavy atom. The predicted octanol–water partition coefficient (Wildman–Crippen LogP) is 16.5. The van der Waals surface area contributed by atoms with E-state index in [9.17, 15) is 0 Å². The van der Waals surface area contributed by atoms with Crippen molar-refractivity contribution in [2.24, 2.45) is 5.92 Å². The van der Waals surface area contributed by atoms with Gasteiger partial charge in [0.2, 0.25) is 0 Å². The number of rotatable bonds is 38. The Morgan fingerprint density at radius 1 is 0.190 bits per heavy atom. The summed E-state index contributed by atoms with van der Waals surface area (Å²) in [5.74, 6) is 1.04. The molecule has 0 radical (unpaired) electrons. The lowest BCUT2D eigenvalue weighted by Crippen LogP contribution is -2.01. The molecule has 42 heavy (non-hydrogen) atoms. The van der Waals surface area contributed by atoms with Gasteiger partial charge in [-0.25, -0.2) is 0 Å². The minimum absolute atomic E-state index is 1.04. The maximum Gasteiger partial charge on any atom is -0.0414 e. The maximum atomic E-state index is 2.37. The van der Waals surface area contributed by atoms with E-state index in [0.717, 1.165) is 5.92 Å². The molecule has 0 spiro atoms. The monoisotopic (exact) mass is 591 g/mol. The van der Waals surface area contributed by atoms with E-state index < -0.39 is 0 Å². The van der Waals surface area contributed by atoms with E-state index in [4.69, 9.17) is 0 Å². The van der Waals surface area contributed by atoms with Gasteiger partial charge in [-0.15, -0.1) is 0 Å². The average Bonchev–Trinajstić information content (AvgIpc) is 3.00. The van der Waals surface area contributed by atoms with Crippen LogP contribution < -0.4 is 0 Å². The van der Waals surface area contributed by atoms with Crippen LogP contribution in [0.15, 0.2) is 0 Å². The second-order valence-corrected chi connectivity index (χ2v) is 14.5. The Labute approximate surface area is 270 Å². The van der Waals surface area contributed by atoms with Crippen LogP contribution in [0.3, 0.4) is 0 Å². The molecule has 0 heteroatoms. The summed E-state index contributed by atoms with van der Waals surface area (Å²) < 4.78 is 0. The zero-order valence-electron chi connectivity index (χ0n) is 30.4. The van der Waals surface area contributed by atoms with Gasteiger partial charge in [0.1, 0.15) is 0 Å². The van der Waals surface area contributed by atoms with E-state index in [1.165, 1.54) is 244 Å². The molecule has 0 aromatic rings. The van der Waals surface area contributed by atoms with Crippen molar-refractivity contribution in [1.29, 1.82) is 0 Å². The fourth-order valence-electron chi connectivity index (χ4n) is 7.06. The van der Waals surface area contributed by atoms with Crippen molar-refractivity contribution in [3.8, 4) is 0 Å². The van der Waals surface area contributed by atoms with Crippen LogP contribution in [-0.2, 0) is 0 Å². The van der Waals surface area contributed by atoms with Crippen LogP contribution in [0.1, 0.15) is 265 Å². The summed E-state index contributed by atoms with van der Waals surface area (Å²) in [7, 11) is 0. The third kappa shape index (κ3) is 36.2. The molecule has 0 aliphatic rings. The second-order valence-electron chi connectivity index (χ2n) is 14.5. The highest BCUT2D eigenvalue weighted by Gasteiger charge is 2.08. The van der Waals surface area contributed by atoms with Gasteiger partial charge in [0.25, 0.3) is 0 Å². The van der Waals surface area contributed by atoms with Crippen LogP contribution in [0.4, 0.5) is 0 Å². The van der Waals surface area contributed by atoms with Gasteiger partial charge in [0.05, 0.1) is 0 Å². The first-order valence-corrected chi connectivity index (χ1v) is 20.8. The largest absolute Gasteiger partial charge is 0.0654 e. The molecular formula is C42H86. The SMILES string of the molecule is CCCCCCCCCCCCCCCCCCCCCCCC(CCCC)CCCCCCCCCCCCCC. The zero-order chi connectivity index (χ0) is 30.4. The van der Waals surface area contributed by atoms with E-state index in [1.54, 1.807) is 0 Å². The Bertz CT molecular complexity index is 439. The van der Waals surface area contributed by atoms with Crippen LogP contribution in [0.2, 0.25) is 0 Å². The minimum atomic E-state index is 1.04. The molecule has 0 aliphatic carbocycles. The molecule has 0 N–H and O–H groups in total. The van der Waals surface area contributed by atoms with Crippen molar-refractivity contribution in [2.45, 2.75) is 265 Å². The third-order valence-corrected chi connectivity index (χ3v) is 10.1. The lowest BCUT2D eigenvalue weighted by Gasteiger charge is -2.16. The summed E-state index contributed by atoms with van der Waals surface area (Å²) >= 11 is 0. The van der Waals surface area contributed by atoms with Crippen LogP contribution in [-0.4, -0.2) is 0 Å². The first kappa shape index (κ1) is 42.0. The van der Waals surface area contributed by atoms with Crippen molar-refractivity contribution >= 4 is 0 Å². The molecule has 0 bridgehead atoms. The molecular weight excluding hydrogens is 504 g/mol. The van der Waals surface area contributed by atoms with Gasteiger partial charge in [-0.1, -0.05) is 265 Å². The lowest BCUT2D eigenvalue weighted by molar-refractivity contribution is 0.370. The average molecular weight is 591 g/mol. The topological polar surface area (TPSA) is 0 Å². The smallest absolute Gasteiger partial charge is 0.0414 e. The van der Waals surface area contributed by atoms with Crippen LogP contribution >= 0.6 is 0 Å². The molecule has 0 amide bonds. The molecule has 1 unspecified atom stereocenters. The molecule has 0 saturated heterocycles. The van der Waals surface area contributed by atoms with Gasteiger partial charge in [0.15, 0.2) is 0 Å². The lowest BCUT2D eigenvalue weighted by atomic mass is 9.90. The third-order valence-electron chi connectivity index (χ3n) is 10.1. The van der Waals surface area contributed by atoms with Gasteiger partial charge < -0.3 is 0 Å². The molecule has 0 aromatic carbocycles. The number of unbranched alkanes of at least 4 members (excludes halogenated alkanes) is 32. The number of hydrogen-bond donors (Lipinski definition) is 0. The maximum absolute atomic E-state index is 2.37. The van der Waals surface area contributed by atoms with Crippen molar-refractivity contribution in [3.05, 3.63) is 0 Å². The summed E-state index contributed by atoms with van der Waals surface area (Å²) in [5.41, 5.74) is 0. The molecule has 0 rings (SSSR count). The Hall–Kier alpha value is 0. The van der Waals surface area contributed by atoms with E-state index in [2.05, 4.69) is 20.8 Å². The molecule has 1 atom stereocenters. The molecule has 0 saturated carbocycles. The summed E-state index contributed by atoms with van der Waals surface area (Å²) in [6.45, 7) is 7.00. The first-order chi connectivity index (χ1) is 20.8. The van der Waals surface area contributed by atoms with Crippen molar-refractivity contribution in [3.63, 3.8) is 0 Å². The summed E-state index contributed by atoms with van der Waals surface area (Å²) in [6, 6.07) is 0. The van der Waals surface area contributed by atoms with E-state index in [-0.39, 0.29) is 0 Å². The fraction of sp³-hybridized carbons (Fsp3) is 1.00. The highest BCUT2D eigenvalue weighted by molar-refractivity contribution is 4.62. The standard InChI is InChI=1S/C42H86/c1-4-7-10-12-14-16-18-20-21-22-23-24-25-26-27-28-30-32-34-36-38-41-42(39-9-6-3)40-37-35-33-31-29-19-17-15-13-11-8-5-2/h42H,4-41H2,1-3H3.